The Morgan fingerprint density at radius 3 is 2.56 bits per heavy atom. The number of furan rings is 1. The first-order chi connectivity index (χ1) is 8.61. The predicted octanol–water partition coefficient (Wildman–Crippen LogP) is 3.54. The SMILES string of the molecule is CNC(Cc1ccccc1F)c1cc(C)oc1C. The number of rotatable bonds is 4. The molecule has 0 amide bonds. The minimum Gasteiger partial charge on any atom is -0.466 e. The molecule has 0 saturated heterocycles. The van der Waals surface area contributed by atoms with E-state index < -0.39 is 0 Å². The van der Waals surface area contributed by atoms with E-state index in [2.05, 4.69) is 5.32 Å². The fourth-order valence-corrected chi connectivity index (χ4v) is 2.25. The van der Waals surface area contributed by atoms with Crippen LogP contribution in [0.5, 0.6) is 0 Å². The second-order valence-corrected chi connectivity index (χ2v) is 4.51. The lowest BCUT2D eigenvalue weighted by Gasteiger charge is -2.16. The fraction of sp³-hybridized carbons (Fsp3) is 0.333. The number of hydrogen-bond acceptors (Lipinski definition) is 2. The first-order valence-electron chi connectivity index (χ1n) is 6.09. The normalized spacial score (nSPS) is 12.7. The van der Waals surface area contributed by atoms with Crippen LogP contribution >= 0.6 is 0 Å². The summed E-state index contributed by atoms with van der Waals surface area (Å²) in [6.45, 7) is 3.86. The highest BCUT2D eigenvalue weighted by atomic mass is 19.1. The first-order valence-corrected chi connectivity index (χ1v) is 6.09. The van der Waals surface area contributed by atoms with Gasteiger partial charge in [-0.05, 0) is 45.0 Å². The zero-order valence-electron chi connectivity index (χ0n) is 11.0. The van der Waals surface area contributed by atoms with Crippen molar-refractivity contribution in [1.82, 2.24) is 5.32 Å². The van der Waals surface area contributed by atoms with Crippen molar-refractivity contribution in [3.05, 3.63) is 58.8 Å². The zero-order chi connectivity index (χ0) is 13.1. The molecule has 1 heterocycles. The highest BCUT2D eigenvalue weighted by Gasteiger charge is 2.17. The third kappa shape index (κ3) is 2.62. The molecule has 0 bridgehead atoms. The molecule has 18 heavy (non-hydrogen) atoms. The molecule has 3 heteroatoms. The number of likely N-dealkylation sites (N-methyl/N-ethyl adjacent to an activating group) is 1. The lowest BCUT2D eigenvalue weighted by Crippen LogP contribution is -2.19. The predicted molar refractivity (Wildman–Crippen MR) is 70.1 cm³/mol. The van der Waals surface area contributed by atoms with E-state index in [0.717, 1.165) is 22.6 Å². The molecule has 0 aliphatic rings. The summed E-state index contributed by atoms with van der Waals surface area (Å²) in [4.78, 5) is 0. The molecule has 0 saturated carbocycles. The van der Waals surface area contributed by atoms with Gasteiger partial charge in [0.15, 0.2) is 0 Å². The van der Waals surface area contributed by atoms with E-state index in [1.54, 1.807) is 6.07 Å². The molecule has 1 aromatic heterocycles. The molecule has 0 fully saturated rings. The Bertz CT molecular complexity index is 533. The lowest BCUT2D eigenvalue weighted by atomic mass is 9.99. The summed E-state index contributed by atoms with van der Waals surface area (Å²) in [7, 11) is 1.88. The Morgan fingerprint density at radius 1 is 1.28 bits per heavy atom. The van der Waals surface area contributed by atoms with E-state index in [-0.39, 0.29) is 11.9 Å². The van der Waals surface area contributed by atoms with E-state index >= 15 is 0 Å². The Labute approximate surface area is 107 Å². The van der Waals surface area contributed by atoms with Gasteiger partial charge in [-0.25, -0.2) is 4.39 Å². The summed E-state index contributed by atoms with van der Waals surface area (Å²) in [6, 6.07) is 8.97. The molecule has 96 valence electrons. The molecule has 1 atom stereocenters. The van der Waals surface area contributed by atoms with Crippen LogP contribution in [0.15, 0.2) is 34.7 Å². The maximum absolute atomic E-state index is 13.7. The quantitative estimate of drug-likeness (QED) is 0.894. The molecule has 1 aromatic carbocycles. The van der Waals surface area contributed by atoms with Crippen LogP contribution in [0.4, 0.5) is 4.39 Å². The fourth-order valence-electron chi connectivity index (χ4n) is 2.25. The molecule has 2 nitrogen and oxygen atoms in total. The van der Waals surface area contributed by atoms with E-state index in [4.69, 9.17) is 4.42 Å². The van der Waals surface area contributed by atoms with E-state index in [0.29, 0.717) is 6.42 Å². The summed E-state index contributed by atoms with van der Waals surface area (Å²) in [5.74, 6) is 1.62. The third-order valence-corrected chi connectivity index (χ3v) is 3.19. The van der Waals surface area contributed by atoms with Crippen LogP contribution in [0.2, 0.25) is 0 Å². The molecule has 0 radical (unpaired) electrons. The second-order valence-electron chi connectivity index (χ2n) is 4.51. The maximum Gasteiger partial charge on any atom is 0.126 e. The first kappa shape index (κ1) is 12.8. The van der Waals surface area contributed by atoms with Crippen LogP contribution < -0.4 is 5.32 Å². The van der Waals surface area contributed by atoms with Crippen molar-refractivity contribution >= 4 is 0 Å². The Balaban J connectivity index is 2.25. The van der Waals surface area contributed by atoms with E-state index in [1.807, 2.05) is 39.1 Å². The van der Waals surface area contributed by atoms with Crippen molar-refractivity contribution < 1.29 is 8.81 Å². The van der Waals surface area contributed by atoms with Crippen LogP contribution in [0, 0.1) is 19.7 Å². The number of nitrogens with one attached hydrogen (secondary N) is 1. The van der Waals surface area contributed by atoms with E-state index in [1.165, 1.54) is 6.07 Å². The largest absolute Gasteiger partial charge is 0.466 e. The molecule has 2 aromatic rings. The van der Waals surface area contributed by atoms with Crippen LogP contribution in [0.3, 0.4) is 0 Å². The minimum atomic E-state index is -0.157. The lowest BCUT2D eigenvalue weighted by molar-refractivity contribution is 0.488. The van der Waals surface area contributed by atoms with Gasteiger partial charge >= 0.3 is 0 Å². The van der Waals surface area contributed by atoms with Gasteiger partial charge in [0.1, 0.15) is 17.3 Å². The number of hydrogen-bond donors (Lipinski definition) is 1. The van der Waals surface area contributed by atoms with Crippen molar-refractivity contribution in [2.75, 3.05) is 7.05 Å². The van der Waals surface area contributed by atoms with Gasteiger partial charge in [-0.3, -0.25) is 0 Å². The van der Waals surface area contributed by atoms with Crippen molar-refractivity contribution in [2.24, 2.45) is 0 Å². The van der Waals surface area contributed by atoms with Crippen molar-refractivity contribution in [3.8, 4) is 0 Å². The molecule has 0 aliphatic carbocycles. The highest BCUT2D eigenvalue weighted by Crippen LogP contribution is 2.25. The Hall–Kier alpha value is -1.61. The molecular weight excluding hydrogens is 229 g/mol. The zero-order valence-corrected chi connectivity index (χ0v) is 11.0. The number of halogens is 1. The van der Waals surface area contributed by atoms with Crippen molar-refractivity contribution in [1.29, 1.82) is 0 Å². The van der Waals surface area contributed by atoms with Crippen LogP contribution in [-0.4, -0.2) is 7.05 Å². The average molecular weight is 247 g/mol. The van der Waals surface area contributed by atoms with Gasteiger partial charge in [-0.2, -0.15) is 0 Å². The van der Waals surface area contributed by atoms with Crippen LogP contribution in [-0.2, 0) is 6.42 Å². The molecule has 2 rings (SSSR count). The van der Waals surface area contributed by atoms with Gasteiger partial charge in [0.25, 0.3) is 0 Å². The summed E-state index contributed by atoms with van der Waals surface area (Å²) >= 11 is 0. The monoisotopic (exact) mass is 247 g/mol. The van der Waals surface area contributed by atoms with Gasteiger partial charge in [0.2, 0.25) is 0 Å². The second kappa shape index (κ2) is 5.36. The van der Waals surface area contributed by atoms with Crippen LogP contribution in [0.25, 0.3) is 0 Å². The molecular formula is C15H18FNO. The van der Waals surface area contributed by atoms with Gasteiger partial charge in [0, 0.05) is 11.6 Å². The summed E-state index contributed by atoms with van der Waals surface area (Å²) < 4.78 is 19.2. The van der Waals surface area contributed by atoms with Crippen molar-refractivity contribution in [3.63, 3.8) is 0 Å². The summed E-state index contributed by atoms with van der Waals surface area (Å²) in [6.07, 6.45) is 0.614. The van der Waals surface area contributed by atoms with Gasteiger partial charge in [0.05, 0.1) is 0 Å². The third-order valence-electron chi connectivity index (χ3n) is 3.19. The smallest absolute Gasteiger partial charge is 0.126 e. The number of benzene rings is 1. The van der Waals surface area contributed by atoms with E-state index in [9.17, 15) is 4.39 Å². The van der Waals surface area contributed by atoms with Gasteiger partial charge in [-0.1, -0.05) is 18.2 Å². The summed E-state index contributed by atoms with van der Waals surface area (Å²) in [5, 5.41) is 3.22. The average Bonchev–Trinajstić information content (AvgIpc) is 2.67. The minimum absolute atomic E-state index is 0.0688. The molecule has 0 aliphatic heterocycles. The van der Waals surface area contributed by atoms with Crippen molar-refractivity contribution in [2.45, 2.75) is 26.3 Å². The Kier molecular flexibility index (Phi) is 3.82. The molecule has 1 N–H and O–H groups in total. The van der Waals surface area contributed by atoms with Gasteiger partial charge in [-0.15, -0.1) is 0 Å². The summed E-state index contributed by atoms with van der Waals surface area (Å²) in [5.41, 5.74) is 1.81. The maximum atomic E-state index is 13.7. The standard InChI is InChI=1S/C15H18FNO/c1-10-8-13(11(2)18-10)15(17-3)9-12-6-4-5-7-14(12)16/h4-8,15,17H,9H2,1-3H3. The topological polar surface area (TPSA) is 25.2 Å². The highest BCUT2D eigenvalue weighted by molar-refractivity contribution is 5.27. The Morgan fingerprint density at radius 2 is 2.00 bits per heavy atom. The van der Waals surface area contributed by atoms with Gasteiger partial charge < -0.3 is 9.73 Å². The molecule has 0 spiro atoms. The molecule has 1 unspecified atom stereocenters. The number of aryl methyl sites for hydroxylation is 2. The van der Waals surface area contributed by atoms with Crippen LogP contribution in [0.1, 0.15) is 28.7 Å².